The summed E-state index contributed by atoms with van der Waals surface area (Å²) in [7, 11) is -3.13. The molecule has 1 unspecified atom stereocenters. The van der Waals surface area contributed by atoms with Crippen LogP contribution < -0.4 is 5.32 Å². The van der Waals surface area contributed by atoms with E-state index in [2.05, 4.69) is 52.6 Å². The third-order valence-corrected chi connectivity index (χ3v) is 8.18. The minimum atomic E-state index is -3.13. The predicted octanol–water partition coefficient (Wildman–Crippen LogP) is 3.38. The number of pyridine rings is 1. The second-order valence-electron chi connectivity index (χ2n) is 9.29. The molecule has 1 aromatic carbocycles. The second kappa shape index (κ2) is 9.13. The molecule has 1 amide bonds. The fourth-order valence-corrected chi connectivity index (χ4v) is 5.66. The molecule has 1 aliphatic carbocycles. The number of piperazine rings is 1. The van der Waals surface area contributed by atoms with Crippen LogP contribution in [0.2, 0.25) is 0 Å². The molecule has 0 radical (unpaired) electrons. The maximum absolute atomic E-state index is 12.1. The number of benzene rings is 1. The molecule has 8 nitrogen and oxygen atoms in total. The number of hydrogen-bond donors (Lipinski definition) is 1. The van der Waals surface area contributed by atoms with Gasteiger partial charge in [-0.15, -0.1) is 0 Å². The monoisotopic (exact) mass is 481 g/mol. The van der Waals surface area contributed by atoms with Gasteiger partial charge in [-0.25, -0.2) is 12.9 Å². The molecule has 1 saturated carbocycles. The van der Waals surface area contributed by atoms with Crippen LogP contribution in [0.25, 0.3) is 16.6 Å². The molecule has 34 heavy (non-hydrogen) atoms. The number of sulfonamides is 1. The van der Waals surface area contributed by atoms with Crippen LogP contribution in [0.3, 0.4) is 0 Å². The number of aromatic nitrogens is 2. The first-order valence-electron chi connectivity index (χ1n) is 11.9. The average Bonchev–Trinajstić information content (AvgIpc) is 3.60. The molecular weight excluding hydrogens is 450 g/mol. The minimum Gasteiger partial charge on any atom is -0.309 e. The predicted molar refractivity (Wildman–Crippen MR) is 133 cm³/mol. The van der Waals surface area contributed by atoms with Crippen LogP contribution in [-0.2, 0) is 14.8 Å². The summed E-state index contributed by atoms with van der Waals surface area (Å²) < 4.78 is 27.0. The van der Waals surface area contributed by atoms with Gasteiger partial charge in [0.25, 0.3) is 0 Å². The van der Waals surface area contributed by atoms with Crippen LogP contribution in [0.4, 0.5) is 5.82 Å². The van der Waals surface area contributed by atoms with Crippen molar-refractivity contribution in [2.24, 2.45) is 5.92 Å². The highest BCUT2D eigenvalue weighted by molar-refractivity contribution is 7.88. The minimum absolute atomic E-state index is 0.0530. The lowest BCUT2D eigenvalue weighted by molar-refractivity contribution is -0.117. The number of rotatable bonds is 7. The molecule has 2 aliphatic rings. The third-order valence-electron chi connectivity index (χ3n) is 6.88. The van der Waals surface area contributed by atoms with Crippen molar-refractivity contribution in [1.82, 2.24) is 18.8 Å². The van der Waals surface area contributed by atoms with Crippen molar-refractivity contribution in [1.29, 1.82) is 0 Å². The molecule has 9 heteroatoms. The van der Waals surface area contributed by atoms with Crippen molar-refractivity contribution in [3.8, 4) is 11.1 Å². The van der Waals surface area contributed by atoms with Gasteiger partial charge in [0, 0.05) is 56.0 Å². The lowest BCUT2D eigenvalue weighted by atomic mass is 9.98. The number of fused-ring (bicyclic) bond motifs is 1. The first-order valence-corrected chi connectivity index (χ1v) is 13.8. The normalized spacial score (nSPS) is 18.8. The molecule has 0 spiro atoms. The maximum atomic E-state index is 12.1. The van der Waals surface area contributed by atoms with Gasteiger partial charge in [0.15, 0.2) is 5.82 Å². The first-order chi connectivity index (χ1) is 16.3. The zero-order valence-electron chi connectivity index (χ0n) is 19.6. The summed E-state index contributed by atoms with van der Waals surface area (Å²) in [5.74, 6) is 0.773. The van der Waals surface area contributed by atoms with Crippen LogP contribution in [0.1, 0.15) is 37.8 Å². The molecule has 2 fully saturated rings. The zero-order valence-corrected chi connectivity index (χ0v) is 20.5. The van der Waals surface area contributed by atoms with Gasteiger partial charge in [-0.2, -0.15) is 9.40 Å². The number of anilines is 1. The number of nitrogens with zero attached hydrogens (tertiary/aromatic N) is 4. The van der Waals surface area contributed by atoms with Gasteiger partial charge in [0.05, 0.1) is 11.8 Å². The van der Waals surface area contributed by atoms with Gasteiger partial charge < -0.3 is 5.32 Å². The topological polar surface area (TPSA) is 87.0 Å². The number of hydrogen-bond acceptors (Lipinski definition) is 5. The number of amides is 1. The Balaban J connectivity index is 1.34. The number of nitrogens with one attached hydrogen (secondary N) is 1. The molecule has 1 aliphatic heterocycles. The van der Waals surface area contributed by atoms with Crippen LogP contribution >= 0.6 is 0 Å². The third kappa shape index (κ3) is 4.73. The van der Waals surface area contributed by atoms with E-state index in [0.717, 1.165) is 49.0 Å². The van der Waals surface area contributed by atoms with Gasteiger partial charge in [0.2, 0.25) is 15.9 Å². The molecule has 1 N–H and O–H groups in total. The second-order valence-corrected chi connectivity index (χ2v) is 11.3. The number of carbonyl (C=O) groups excluding carboxylic acids is 1. The molecular formula is C25H31N5O3S. The largest absolute Gasteiger partial charge is 0.309 e. The quantitative estimate of drug-likeness (QED) is 0.559. The summed E-state index contributed by atoms with van der Waals surface area (Å²) >= 11 is 0. The smallest absolute Gasteiger partial charge is 0.228 e. The Morgan fingerprint density at radius 3 is 2.44 bits per heavy atom. The van der Waals surface area contributed by atoms with E-state index in [0.29, 0.717) is 18.9 Å². The summed E-state index contributed by atoms with van der Waals surface area (Å²) in [6.07, 6.45) is 6.05. The molecule has 2 aromatic heterocycles. The van der Waals surface area contributed by atoms with Crippen LogP contribution in [0.5, 0.6) is 0 Å². The van der Waals surface area contributed by atoms with E-state index in [1.54, 1.807) is 4.31 Å². The molecule has 1 atom stereocenters. The molecule has 0 bridgehead atoms. The fraction of sp³-hybridized carbons (Fsp3) is 0.440. The lowest BCUT2D eigenvalue weighted by Crippen LogP contribution is -2.49. The Morgan fingerprint density at radius 1 is 1.12 bits per heavy atom. The summed E-state index contributed by atoms with van der Waals surface area (Å²) in [6, 6.07) is 14.8. The number of carbonyl (C=O) groups is 1. The summed E-state index contributed by atoms with van der Waals surface area (Å²) in [5.41, 5.74) is 4.33. The van der Waals surface area contributed by atoms with E-state index in [1.165, 1.54) is 11.8 Å². The summed E-state index contributed by atoms with van der Waals surface area (Å²) in [5, 5.41) is 7.46. The van der Waals surface area contributed by atoms with Crippen LogP contribution in [0.15, 0.2) is 48.7 Å². The van der Waals surface area contributed by atoms with Crippen molar-refractivity contribution in [3.63, 3.8) is 0 Å². The Hall–Kier alpha value is -2.75. The van der Waals surface area contributed by atoms with Crippen molar-refractivity contribution in [3.05, 3.63) is 54.2 Å². The molecule has 5 rings (SSSR count). The Morgan fingerprint density at radius 2 is 1.82 bits per heavy atom. The highest BCUT2D eigenvalue weighted by Gasteiger charge is 2.30. The van der Waals surface area contributed by atoms with Gasteiger partial charge in [-0.1, -0.05) is 37.3 Å². The SMILES string of the molecule is CCC(c1ccc(-c2cccn3nc(NC(=O)C4CC4)cc23)cc1)N1CCN(S(C)(=O)=O)CC1. The van der Waals surface area contributed by atoms with Crippen molar-refractivity contribution in [2.75, 3.05) is 37.8 Å². The Bertz CT molecular complexity index is 1290. The highest BCUT2D eigenvalue weighted by Crippen LogP contribution is 2.32. The van der Waals surface area contributed by atoms with Crippen molar-refractivity contribution >= 4 is 27.3 Å². The van der Waals surface area contributed by atoms with Gasteiger partial charge in [0.1, 0.15) is 0 Å². The summed E-state index contributed by atoms with van der Waals surface area (Å²) in [6.45, 7) is 4.72. The van der Waals surface area contributed by atoms with E-state index in [1.807, 2.05) is 22.8 Å². The fourth-order valence-electron chi connectivity index (χ4n) is 4.83. The summed E-state index contributed by atoms with van der Waals surface area (Å²) in [4.78, 5) is 14.5. The lowest BCUT2D eigenvalue weighted by Gasteiger charge is -2.38. The maximum Gasteiger partial charge on any atom is 0.228 e. The Labute approximate surface area is 200 Å². The molecule has 3 aromatic rings. The standard InChI is InChI=1S/C25H31N5O3S/c1-3-22(28-13-15-29(16-14-28)34(2,32)33)19-8-6-18(7-9-19)21-5-4-12-30-23(21)17-24(27-30)26-25(31)20-10-11-20/h4-9,12,17,20,22H,3,10-11,13-16H2,1-2H3,(H,26,27,31). The van der Waals surface area contributed by atoms with Crippen LogP contribution in [0, 0.1) is 5.92 Å². The van der Waals surface area contributed by atoms with E-state index in [9.17, 15) is 13.2 Å². The van der Waals surface area contributed by atoms with Gasteiger partial charge in [-0.3, -0.25) is 9.69 Å². The Kier molecular flexibility index (Phi) is 6.18. The average molecular weight is 482 g/mol. The van der Waals surface area contributed by atoms with Crippen molar-refractivity contribution < 1.29 is 13.2 Å². The van der Waals surface area contributed by atoms with Crippen LogP contribution in [-0.4, -0.2) is 65.6 Å². The van der Waals surface area contributed by atoms with Crippen molar-refractivity contribution in [2.45, 2.75) is 32.2 Å². The van der Waals surface area contributed by atoms with Gasteiger partial charge >= 0.3 is 0 Å². The molecule has 180 valence electrons. The first kappa shape index (κ1) is 23.0. The molecule has 1 saturated heterocycles. The van der Waals surface area contributed by atoms with Gasteiger partial charge in [-0.05, 0) is 36.5 Å². The van der Waals surface area contributed by atoms with E-state index < -0.39 is 10.0 Å². The van der Waals surface area contributed by atoms with E-state index in [-0.39, 0.29) is 17.9 Å². The zero-order chi connectivity index (χ0) is 23.9. The highest BCUT2D eigenvalue weighted by atomic mass is 32.2. The van der Waals surface area contributed by atoms with E-state index >= 15 is 0 Å². The molecule has 3 heterocycles. The van der Waals surface area contributed by atoms with E-state index in [4.69, 9.17) is 0 Å².